The van der Waals surface area contributed by atoms with E-state index in [1.54, 1.807) is 6.92 Å². The highest BCUT2D eigenvalue weighted by Crippen LogP contribution is 2.45. The third-order valence-corrected chi connectivity index (χ3v) is 4.96. The molecule has 26 heavy (non-hydrogen) atoms. The molecule has 1 aromatic carbocycles. The lowest BCUT2D eigenvalue weighted by Gasteiger charge is -2.36. The lowest BCUT2D eigenvalue weighted by atomic mass is 9.69. The van der Waals surface area contributed by atoms with Gasteiger partial charge in [0.25, 0.3) is 0 Å². The number of Topliss-reactive ketones (excluding diaryl/α,β-unsaturated/α-hetero) is 1. The number of benzene rings is 1. The third kappa shape index (κ3) is 3.30. The summed E-state index contributed by atoms with van der Waals surface area (Å²) in [6, 6.07) is 7.63. The molecule has 0 aromatic heterocycles. The molecular formula is C21H25NO4. The minimum atomic E-state index is -0.409. The minimum absolute atomic E-state index is 0.139. The van der Waals surface area contributed by atoms with Crippen LogP contribution < -0.4 is 4.74 Å². The summed E-state index contributed by atoms with van der Waals surface area (Å²) in [5.74, 6) is -0.372. The van der Waals surface area contributed by atoms with Crippen molar-refractivity contribution in [1.82, 2.24) is 0 Å². The lowest BCUT2D eigenvalue weighted by Crippen LogP contribution is -2.39. The molecule has 1 heterocycles. The average Bonchev–Trinajstić information content (AvgIpc) is 2.62. The number of hydrogen-bond donors (Lipinski definition) is 0. The summed E-state index contributed by atoms with van der Waals surface area (Å²) in [5, 5.41) is 0. The minimum Gasteiger partial charge on any atom is -0.494 e. The van der Waals surface area contributed by atoms with Crippen LogP contribution in [0.15, 0.2) is 40.5 Å². The number of aliphatic imine (C=N–C) groups is 1. The van der Waals surface area contributed by atoms with Crippen LogP contribution in [0, 0.1) is 5.92 Å². The Morgan fingerprint density at radius 3 is 2.65 bits per heavy atom. The van der Waals surface area contributed by atoms with Gasteiger partial charge in [0.2, 0.25) is 0 Å². The SMILES string of the molecule is CCOC(=O)C1=C(C)N=C2CCCC(=O)C2[C@@H]1c1ccccc1OCC. The van der Waals surface area contributed by atoms with Crippen LogP contribution in [-0.4, -0.2) is 30.7 Å². The Labute approximate surface area is 154 Å². The highest BCUT2D eigenvalue weighted by Gasteiger charge is 2.44. The number of hydrogen-bond acceptors (Lipinski definition) is 5. The smallest absolute Gasteiger partial charge is 0.336 e. The number of ether oxygens (including phenoxy) is 2. The van der Waals surface area contributed by atoms with Crippen LogP contribution in [0.2, 0.25) is 0 Å². The fourth-order valence-corrected chi connectivity index (χ4v) is 3.95. The summed E-state index contributed by atoms with van der Waals surface area (Å²) < 4.78 is 11.1. The molecule has 1 aliphatic carbocycles. The number of ketones is 1. The van der Waals surface area contributed by atoms with Crippen molar-refractivity contribution in [3.05, 3.63) is 41.1 Å². The molecule has 138 valence electrons. The molecule has 3 rings (SSSR count). The van der Waals surface area contributed by atoms with Gasteiger partial charge in [-0.1, -0.05) is 18.2 Å². The standard InChI is InChI=1S/C21H25NO4/c1-4-25-17-12-7-6-9-14(17)19-18(21(24)26-5-2)13(3)22-15-10-8-11-16(23)20(15)19/h6-7,9,12,19-20H,4-5,8,10-11H2,1-3H3/t19-,20?/m1/s1. The van der Waals surface area contributed by atoms with E-state index in [1.807, 2.05) is 38.1 Å². The molecule has 0 saturated heterocycles. The zero-order valence-electron chi connectivity index (χ0n) is 15.6. The molecule has 0 amide bonds. The van der Waals surface area contributed by atoms with Gasteiger partial charge in [0, 0.05) is 29.3 Å². The first-order valence-electron chi connectivity index (χ1n) is 9.28. The van der Waals surface area contributed by atoms with Gasteiger partial charge in [-0.15, -0.1) is 0 Å². The molecule has 5 heteroatoms. The zero-order chi connectivity index (χ0) is 18.7. The summed E-state index contributed by atoms with van der Waals surface area (Å²) in [5.41, 5.74) is 2.84. The van der Waals surface area contributed by atoms with E-state index in [-0.39, 0.29) is 12.4 Å². The summed E-state index contributed by atoms with van der Waals surface area (Å²) in [6.07, 6.45) is 2.12. The zero-order valence-corrected chi connectivity index (χ0v) is 15.6. The topological polar surface area (TPSA) is 65.0 Å². The maximum atomic E-state index is 12.8. The molecule has 1 saturated carbocycles. The number of carbonyl (C=O) groups is 2. The number of rotatable bonds is 5. The Hall–Kier alpha value is -2.43. The number of nitrogens with zero attached hydrogens (tertiary/aromatic N) is 1. The second kappa shape index (κ2) is 7.85. The van der Waals surface area contributed by atoms with Crippen LogP contribution in [-0.2, 0) is 14.3 Å². The largest absolute Gasteiger partial charge is 0.494 e. The van der Waals surface area contributed by atoms with Crippen molar-refractivity contribution in [2.45, 2.75) is 46.0 Å². The predicted octanol–water partition coefficient (Wildman–Crippen LogP) is 3.83. The van der Waals surface area contributed by atoms with Gasteiger partial charge in [-0.3, -0.25) is 9.79 Å². The fourth-order valence-electron chi connectivity index (χ4n) is 3.95. The molecular weight excluding hydrogens is 330 g/mol. The molecule has 5 nitrogen and oxygen atoms in total. The molecule has 2 aliphatic rings. The van der Waals surface area contributed by atoms with Crippen molar-refractivity contribution in [3.8, 4) is 5.75 Å². The molecule has 1 unspecified atom stereocenters. The second-order valence-corrected chi connectivity index (χ2v) is 6.57. The van der Waals surface area contributed by atoms with Crippen molar-refractivity contribution in [2.75, 3.05) is 13.2 Å². The number of esters is 1. The van der Waals surface area contributed by atoms with Gasteiger partial charge in [-0.25, -0.2) is 4.79 Å². The van der Waals surface area contributed by atoms with E-state index in [4.69, 9.17) is 9.47 Å². The molecule has 0 radical (unpaired) electrons. The molecule has 0 bridgehead atoms. The fraction of sp³-hybridized carbons (Fsp3) is 0.476. The first-order valence-corrected chi connectivity index (χ1v) is 9.28. The molecule has 1 aromatic rings. The number of carbonyl (C=O) groups excluding carboxylic acids is 2. The highest BCUT2D eigenvalue weighted by atomic mass is 16.5. The van der Waals surface area contributed by atoms with Crippen LogP contribution in [0.1, 0.15) is 51.5 Å². The summed E-state index contributed by atoms with van der Waals surface area (Å²) in [4.78, 5) is 30.2. The van der Waals surface area contributed by atoms with Gasteiger partial charge in [0.05, 0.1) is 24.7 Å². The van der Waals surface area contributed by atoms with Crippen molar-refractivity contribution in [1.29, 1.82) is 0 Å². The lowest BCUT2D eigenvalue weighted by molar-refractivity contribution is -0.139. The molecule has 1 aliphatic heterocycles. The van der Waals surface area contributed by atoms with E-state index in [2.05, 4.69) is 4.99 Å². The highest BCUT2D eigenvalue weighted by molar-refractivity contribution is 6.11. The molecule has 2 atom stereocenters. The predicted molar refractivity (Wildman–Crippen MR) is 99.5 cm³/mol. The Balaban J connectivity index is 2.18. The van der Waals surface area contributed by atoms with Crippen LogP contribution in [0.5, 0.6) is 5.75 Å². The maximum absolute atomic E-state index is 12.8. The van der Waals surface area contributed by atoms with E-state index in [0.717, 1.165) is 24.1 Å². The van der Waals surface area contributed by atoms with Crippen molar-refractivity contribution in [2.24, 2.45) is 10.9 Å². The number of para-hydroxylation sites is 1. The normalized spacial score (nSPS) is 22.6. The number of allylic oxidation sites excluding steroid dienone is 1. The molecule has 0 spiro atoms. The van der Waals surface area contributed by atoms with Crippen LogP contribution in [0.3, 0.4) is 0 Å². The number of fused-ring (bicyclic) bond motifs is 1. The Morgan fingerprint density at radius 2 is 1.92 bits per heavy atom. The molecule has 1 fully saturated rings. The van der Waals surface area contributed by atoms with E-state index < -0.39 is 17.8 Å². The Bertz CT molecular complexity index is 778. The van der Waals surface area contributed by atoms with Gasteiger partial charge in [-0.2, -0.15) is 0 Å². The molecule has 0 N–H and O–H groups in total. The van der Waals surface area contributed by atoms with E-state index in [9.17, 15) is 9.59 Å². The van der Waals surface area contributed by atoms with Crippen molar-refractivity contribution in [3.63, 3.8) is 0 Å². The van der Waals surface area contributed by atoms with Gasteiger partial charge in [0.15, 0.2) is 0 Å². The first kappa shape index (κ1) is 18.4. The van der Waals surface area contributed by atoms with Gasteiger partial charge in [0.1, 0.15) is 11.5 Å². The Kier molecular flexibility index (Phi) is 5.55. The van der Waals surface area contributed by atoms with E-state index in [1.165, 1.54) is 0 Å². The van der Waals surface area contributed by atoms with Gasteiger partial charge in [-0.05, 0) is 39.7 Å². The van der Waals surface area contributed by atoms with Crippen LogP contribution in [0.25, 0.3) is 0 Å². The average molecular weight is 355 g/mol. The van der Waals surface area contributed by atoms with Crippen molar-refractivity contribution < 1.29 is 19.1 Å². The van der Waals surface area contributed by atoms with Crippen molar-refractivity contribution >= 4 is 17.5 Å². The maximum Gasteiger partial charge on any atom is 0.336 e. The second-order valence-electron chi connectivity index (χ2n) is 6.57. The third-order valence-electron chi connectivity index (χ3n) is 4.96. The van der Waals surface area contributed by atoms with E-state index in [0.29, 0.717) is 30.0 Å². The van der Waals surface area contributed by atoms with Crippen LogP contribution in [0.4, 0.5) is 0 Å². The summed E-state index contributed by atoms with van der Waals surface area (Å²) in [6.45, 7) is 6.32. The van der Waals surface area contributed by atoms with E-state index >= 15 is 0 Å². The van der Waals surface area contributed by atoms with Gasteiger partial charge < -0.3 is 9.47 Å². The van der Waals surface area contributed by atoms with Gasteiger partial charge >= 0.3 is 5.97 Å². The Morgan fingerprint density at radius 1 is 1.15 bits per heavy atom. The summed E-state index contributed by atoms with van der Waals surface area (Å²) >= 11 is 0. The first-order chi connectivity index (χ1) is 12.6. The van der Waals surface area contributed by atoms with Crippen LogP contribution >= 0.6 is 0 Å². The summed E-state index contributed by atoms with van der Waals surface area (Å²) in [7, 11) is 0. The monoisotopic (exact) mass is 355 g/mol. The quantitative estimate of drug-likeness (QED) is 0.753.